The van der Waals surface area contributed by atoms with Crippen molar-refractivity contribution < 1.29 is 18.3 Å². The van der Waals surface area contributed by atoms with Gasteiger partial charge in [-0.3, -0.25) is 4.79 Å². The standard InChI is InChI=1S/C24H20FN3O3S/c1-16(30-21-10-6-5-9-20(21)25)23-27-28-24(31-23)32-15-17-11-13-18(14-12-17)22(29)26-19-7-3-2-4-8-19/h2-14,16H,15H2,1H3,(H,26,29)/t16-/m1/s1. The predicted molar refractivity (Wildman–Crippen MR) is 120 cm³/mol. The first-order chi connectivity index (χ1) is 15.6. The van der Waals surface area contributed by atoms with E-state index < -0.39 is 11.9 Å². The van der Waals surface area contributed by atoms with E-state index in [1.54, 1.807) is 37.3 Å². The number of aromatic nitrogens is 2. The van der Waals surface area contributed by atoms with Gasteiger partial charge in [0.15, 0.2) is 17.7 Å². The lowest BCUT2D eigenvalue weighted by Crippen LogP contribution is -2.11. The van der Waals surface area contributed by atoms with E-state index in [2.05, 4.69) is 15.5 Å². The van der Waals surface area contributed by atoms with Gasteiger partial charge in [-0.1, -0.05) is 54.2 Å². The van der Waals surface area contributed by atoms with Gasteiger partial charge in [0, 0.05) is 17.0 Å². The molecule has 32 heavy (non-hydrogen) atoms. The number of carbonyl (C=O) groups is 1. The minimum absolute atomic E-state index is 0.129. The van der Waals surface area contributed by atoms with Gasteiger partial charge >= 0.3 is 0 Å². The van der Waals surface area contributed by atoms with Crippen LogP contribution in [-0.4, -0.2) is 16.1 Å². The smallest absolute Gasteiger partial charge is 0.277 e. The number of hydrogen-bond acceptors (Lipinski definition) is 6. The number of nitrogens with zero attached hydrogens (tertiary/aromatic N) is 2. The molecule has 1 heterocycles. The van der Waals surface area contributed by atoms with Crippen LogP contribution < -0.4 is 10.1 Å². The number of carbonyl (C=O) groups excluding carboxylic acids is 1. The fraction of sp³-hybridized carbons (Fsp3) is 0.125. The highest BCUT2D eigenvalue weighted by Crippen LogP contribution is 2.27. The van der Waals surface area contributed by atoms with Crippen molar-refractivity contribution >= 4 is 23.4 Å². The number of para-hydroxylation sites is 2. The molecule has 0 bridgehead atoms. The van der Waals surface area contributed by atoms with Crippen molar-refractivity contribution in [3.63, 3.8) is 0 Å². The summed E-state index contributed by atoms with van der Waals surface area (Å²) in [6.45, 7) is 1.72. The van der Waals surface area contributed by atoms with Gasteiger partial charge < -0.3 is 14.5 Å². The average Bonchev–Trinajstić information content (AvgIpc) is 3.29. The van der Waals surface area contributed by atoms with E-state index in [-0.39, 0.29) is 17.5 Å². The van der Waals surface area contributed by atoms with Gasteiger partial charge in [0.05, 0.1) is 0 Å². The summed E-state index contributed by atoms with van der Waals surface area (Å²) < 4.78 is 24.9. The summed E-state index contributed by atoms with van der Waals surface area (Å²) in [4.78, 5) is 12.3. The minimum atomic E-state index is -0.587. The number of amides is 1. The summed E-state index contributed by atoms with van der Waals surface area (Å²) >= 11 is 1.37. The van der Waals surface area contributed by atoms with Crippen molar-refractivity contribution in [2.24, 2.45) is 0 Å². The van der Waals surface area contributed by atoms with E-state index in [0.29, 0.717) is 16.5 Å². The molecule has 3 aromatic carbocycles. The molecule has 0 radical (unpaired) electrons. The molecule has 0 aliphatic heterocycles. The first-order valence-corrected chi connectivity index (χ1v) is 10.9. The number of anilines is 1. The summed E-state index contributed by atoms with van der Waals surface area (Å²) in [7, 11) is 0. The first kappa shape index (κ1) is 21.6. The Morgan fingerprint density at radius 1 is 1.03 bits per heavy atom. The fourth-order valence-corrected chi connectivity index (χ4v) is 3.57. The van der Waals surface area contributed by atoms with E-state index >= 15 is 0 Å². The van der Waals surface area contributed by atoms with Crippen molar-refractivity contribution in [3.8, 4) is 5.75 Å². The van der Waals surface area contributed by atoms with Crippen LogP contribution in [-0.2, 0) is 5.75 Å². The van der Waals surface area contributed by atoms with Gasteiger partial charge in [0.2, 0.25) is 0 Å². The third-order valence-electron chi connectivity index (χ3n) is 4.52. The topological polar surface area (TPSA) is 77.2 Å². The van der Waals surface area contributed by atoms with Crippen LogP contribution in [0.2, 0.25) is 0 Å². The number of rotatable bonds is 8. The van der Waals surface area contributed by atoms with Crippen molar-refractivity contribution in [2.75, 3.05) is 5.32 Å². The molecule has 162 valence electrons. The molecular weight excluding hydrogens is 429 g/mol. The fourth-order valence-electron chi connectivity index (χ4n) is 2.85. The average molecular weight is 450 g/mol. The molecule has 8 heteroatoms. The second-order valence-electron chi connectivity index (χ2n) is 6.90. The van der Waals surface area contributed by atoms with Gasteiger partial charge in [-0.15, -0.1) is 10.2 Å². The molecule has 0 fully saturated rings. The third-order valence-corrected chi connectivity index (χ3v) is 5.41. The second-order valence-corrected chi connectivity index (χ2v) is 7.83. The zero-order valence-corrected chi connectivity index (χ0v) is 18.0. The summed E-state index contributed by atoms with van der Waals surface area (Å²) in [6.07, 6.45) is -0.587. The van der Waals surface area contributed by atoms with E-state index in [0.717, 1.165) is 11.3 Å². The summed E-state index contributed by atoms with van der Waals surface area (Å²) in [5.41, 5.74) is 2.32. The SMILES string of the molecule is C[C@@H](Oc1ccccc1F)c1nnc(SCc2ccc(C(=O)Nc3ccccc3)cc2)o1. The molecule has 1 aromatic heterocycles. The normalized spacial score (nSPS) is 11.7. The highest BCUT2D eigenvalue weighted by Gasteiger charge is 2.17. The number of halogens is 1. The van der Waals surface area contributed by atoms with Gasteiger partial charge in [0.25, 0.3) is 17.0 Å². The molecule has 0 unspecified atom stereocenters. The molecule has 1 amide bonds. The van der Waals surface area contributed by atoms with E-state index in [9.17, 15) is 9.18 Å². The minimum Gasteiger partial charge on any atom is -0.478 e. The van der Waals surface area contributed by atoms with Crippen LogP contribution in [0.5, 0.6) is 5.75 Å². The molecule has 0 aliphatic rings. The Kier molecular flexibility index (Phi) is 6.81. The van der Waals surface area contributed by atoms with Crippen molar-refractivity contribution in [1.29, 1.82) is 0 Å². The van der Waals surface area contributed by atoms with Crippen LogP contribution >= 0.6 is 11.8 Å². The molecular formula is C24H20FN3O3S. The van der Waals surface area contributed by atoms with Gasteiger partial charge in [-0.25, -0.2) is 4.39 Å². The largest absolute Gasteiger partial charge is 0.478 e. The van der Waals surface area contributed by atoms with Crippen molar-refractivity contribution in [2.45, 2.75) is 24.0 Å². The van der Waals surface area contributed by atoms with E-state index in [1.165, 1.54) is 17.8 Å². The van der Waals surface area contributed by atoms with Gasteiger partial charge in [0.1, 0.15) is 0 Å². The Bertz CT molecular complexity index is 1180. The summed E-state index contributed by atoms with van der Waals surface area (Å²) in [6, 6.07) is 22.8. The van der Waals surface area contributed by atoms with Crippen molar-refractivity contribution in [3.05, 3.63) is 102 Å². The summed E-state index contributed by atoms with van der Waals surface area (Å²) in [5.74, 6) is 0.368. The Morgan fingerprint density at radius 3 is 2.50 bits per heavy atom. The highest BCUT2D eigenvalue weighted by molar-refractivity contribution is 7.98. The molecule has 1 atom stereocenters. The molecule has 0 saturated carbocycles. The third kappa shape index (κ3) is 5.53. The number of thioether (sulfide) groups is 1. The van der Waals surface area contributed by atoms with Crippen LogP contribution in [0, 0.1) is 5.82 Å². The van der Waals surface area contributed by atoms with Crippen molar-refractivity contribution in [1.82, 2.24) is 10.2 Å². The quantitative estimate of drug-likeness (QED) is 0.338. The lowest BCUT2D eigenvalue weighted by molar-refractivity contribution is 0.102. The lowest BCUT2D eigenvalue weighted by atomic mass is 10.1. The van der Waals surface area contributed by atoms with Crippen LogP contribution in [0.15, 0.2) is 88.5 Å². The van der Waals surface area contributed by atoms with Gasteiger partial charge in [-0.2, -0.15) is 0 Å². The van der Waals surface area contributed by atoms with Crippen LogP contribution in [0.4, 0.5) is 10.1 Å². The van der Waals surface area contributed by atoms with E-state index in [4.69, 9.17) is 9.15 Å². The van der Waals surface area contributed by atoms with Crippen LogP contribution in [0.3, 0.4) is 0 Å². The molecule has 6 nitrogen and oxygen atoms in total. The molecule has 0 aliphatic carbocycles. The molecule has 0 saturated heterocycles. The molecule has 1 N–H and O–H groups in total. The zero-order valence-electron chi connectivity index (χ0n) is 17.2. The number of ether oxygens (including phenoxy) is 1. The Balaban J connectivity index is 1.31. The number of hydrogen-bond donors (Lipinski definition) is 1. The second kappa shape index (κ2) is 10.1. The number of benzene rings is 3. The maximum atomic E-state index is 13.7. The zero-order chi connectivity index (χ0) is 22.3. The molecule has 4 rings (SSSR count). The van der Waals surface area contributed by atoms with Gasteiger partial charge in [-0.05, 0) is 48.9 Å². The predicted octanol–water partition coefficient (Wildman–Crippen LogP) is 5.89. The summed E-state index contributed by atoms with van der Waals surface area (Å²) in [5, 5.41) is 11.3. The molecule has 4 aromatic rings. The maximum absolute atomic E-state index is 13.7. The van der Waals surface area contributed by atoms with E-state index in [1.807, 2.05) is 42.5 Å². The highest BCUT2D eigenvalue weighted by atomic mass is 32.2. The lowest BCUT2D eigenvalue weighted by Gasteiger charge is -2.11. The number of nitrogens with one attached hydrogen (secondary N) is 1. The Labute approximate surface area is 188 Å². The Morgan fingerprint density at radius 2 is 1.75 bits per heavy atom. The maximum Gasteiger partial charge on any atom is 0.277 e. The first-order valence-electron chi connectivity index (χ1n) is 9.91. The molecule has 0 spiro atoms. The monoisotopic (exact) mass is 449 g/mol. The van der Waals surface area contributed by atoms with Crippen LogP contribution in [0.1, 0.15) is 34.8 Å². The Hall–Kier alpha value is -3.65. The van der Waals surface area contributed by atoms with Crippen LogP contribution in [0.25, 0.3) is 0 Å².